The van der Waals surface area contributed by atoms with Crippen LogP contribution in [0.3, 0.4) is 0 Å². The van der Waals surface area contributed by atoms with Crippen molar-refractivity contribution >= 4 is 17.4 Å². The number of Topliss-reactive ketones (excluding diaryl/α,β-unsaturated/α-hetero) is 1. The minimum Gasteiger partial charge on any atom is -0.293 e. The summed E-state index contributed by atoms with van der Waals surface area (Å²) >= 11 is 6.20. The number of halogens is 1. The third kappa shape index (κ3) is 1.97. The van der Waals surface area contributed by atoms with E-state index in [1.54, 1.807) is 0 Å². The van der Waals surface area contributed by atoms with Gasteiger partial charge >= 0.3 is 0 Å². The second kappa shape index (κ2) is 4.96. The maximum Gasteiger partial charge on any atom is 0.171 e. The molecule has 2 heteroatoms. The Labute approximate surface area is 134 Å². The molecular formula is C20H15ClO. The largest absolute Gasteiger partial charge is 0.293 e. The number of hydrogen-bond acceptors (Lipinski definition) is 1. The van der Waals surface area contributed by atoms with Gasteiger partial charge in [-0.2, -0.15) is 0 Å². The van der Waals surface area contributed by atoms with Crippen LogP contribution >= 0.6 is 11.6 Å². The summed E-state index contributed by atoms with van der Waals surface area (Å²) in [7, 11) is 0. The second-order valence-electron chi connectivity index (χ2n) is 5.97. The molecule has 0 N–H and O–H groups in total. The Morgan fingerprint density at radius 1 is 1.00 bits per heavy atom. The zero-order valence-corrected chi connectivity index (χ0v) is 13.0. The van der Waals surface area contributed by atoms with Gasteiger partial charge in [0.1, 0.15) is 0 Å². The number of carbonyl (C=O) groups is 1. The summed E-state index contributed by atoms with van der Waals surface area (Å²) in [6.45, 7) is 2.02. The summed E-state index contributed by atoms with van der Waals surface area (Å²) in [5.74, 6) is 0.336. The number of rotatable bonds is 1. The van der Waals surface area contributed by atoms with Gasteiger partial charge in [0, 0.05) is 16.5 Å². The number of carbonyl (C=O) groups excluding carboxylic acids is 1. The van der Waals surface area contributed by atoms with Crippen LogP contribution in [0, 0.1) is 12.8 Å². The highest BCUT2D eigenvalue weighted by Crippen LogP contribution is 2.45. The molecule has 108 valence electrons. The molecule has 2 aliphatic carbocycles. The van der Waals surface area contributed by atoms with Crippen LogP contribution in [0.1, 0.15) is 27.4 Å². The maximum absolute atomic E-state index is 12.9. The smallest absolute Gasteiger partial charge is 0.171 e. The van der Waals surface area contributed by atoms with Crippen molar-refractivity contribution in [1.82, 2.24) is 0 Å². The first-order valence-corrected chi connectivity index (χ1v) is 7.82. The fourth-order valence-electron chi connectivity index (χ4n) is 3.58. The highest BCUT2D eigenvalue weighted by Gasteiger charge is 2.39. The number of hydrogen-bond donors (Lipinski definition) is 0. The number of aryl methyl sites for hydroxylation is 1. The molecule has 4 rings (SSSR count). The highest BCUT2D eigenvalue weighted by molar-refractivity contribution is 6.31. The zero-order valence-electron chi connectivity index (χ0n) is 12.2. The van der Waals surface area contributed by atoms with Gasteiger partial charge in [-0.3, -0.25) is 4.79 Å². The van der Waals surface area contributed by atoms with E-state index in [9.17, 15) is 4.79 Å². The third-order valence-electron chi connectivity index (χ3n) is 4.49. The van der Waals surface area contributed by atoms with Crippen LogP contribution in [-0.2, 0) is 0 Å². The topological polar surface area (TPSA) is 17.1 Å². The molecule has 0 saturated carbocycles. The zero-order chi connectivity index (χ0) is 15.3. The number of allylic oxidation sites excluding steroid dienone is 4. The fourth-order valence-corrected chi connectivity index (χ4v) is 3.87. The minimum absolute atomic E-state index is 0.0542. The van der Waals surface area contributed by atoms with Crippen LogP contribution < -0.4 is 0 Å². The lowest BCUT2D eigenvalue weighted by atomic mass is 9.88. The maximum atomic E-state index is 12.9. The quantitative estimate of drug-likeness (QED) is 0.695. The lowest BCUT2D eigenvalue weighted by Gasteiger charge is -2.14. The molecule has 0 fully saturated rings. The summed E-state index contributed by atoms with van der Waals surface area (Å²) in [6, 6.07) is 12.1. The summed E-state index contributed by atoms with van der Waals surface area (Å²) in [6.07, 6.45) is 8.13. The first-order chi connectivity index (χ1) is 10.6. The molecule has 0 heterocycles. The molecule has 1 nitrogen and oxygen atoms in total. The first kappa shape index (κ1) is 13.5. The predicted octanol–water partition coefficient (Wildman–Crippen LogP) is 5.34. The summed E-state index contributed by atoms with van der Waals surface area (Å²) in [5.41, 5.74) is 5.09. The Morgan fingerprint density at radius 2 is 1.77 bits per heavy atom. The molecule has 2 atom stereocenters. The van der Waals surface area contributed by atoms with Crippen molar-refractivity contribution < 1.29 is 4.79 Å². The summed E-state index contributed by atoms with van der Waals surface area (Å²) in [5, 5.41) is 0.704. The summed E-state index contributed by atoms with van der Waals surface area (Å²) in [4.78, 5) is 12.9. The van der Waals surface area contributed by atoms with E-state index >= 15 is 0 Å². The lowest BCUT2D eigenvalue weighted by molar-refractivity contribution is 0.0955. The van der Waals surface area contributed by atoms with Crippen LogP contribution in [0.2, 0.25) is 5.02 Å². The first-order valence-electron chi connectivity index (χ1n) is 7.45. The van der Waals surface area contributed by atoms with Crippen molar-refractivity contribution in [2.75, 3.05) is 0 Å². The van der Waals surface area contributed by atoms with Crippen molar-refractivity contribution in [3.05, 3.63) is 82.4 Å². The van der Waals surface area contributed by atoms with Crippen molar-refractivity contribution in [2.24, 2.45) is 5.92 Å². The SMILES string of the molecule is Cc1cc(Cl)cc(-c2cccc3c2C(=O)C2C=CC=CC32)c1. The fraction of sp³-hybridized carbons (Fsp3) is 0.150. The standard InChI is InChI=1S/C20H15ClO/c1-12-9-13(11-14(21)10-12)15-7-4-8-17-16-5-2-3-6-18(16)20(22)19(15)17/h2-11,16,18H,1H3. The Morgan fingerprint density at radius 3 is 2.55 bits per heavy atom. The number of ketones is 1. The molecule has 2 aromatic carbocycles. The van der Waals surface area contributed by atoms with E-state index in [1.165, 1.54) is 0 Å². The van der Waals surface area contributed by atoms with Crippen LogP contribution in [-0.4, -0.2) is 5.78 Å². The monoisotopic (exact) mass is 306 g/mol. The molecule has 2 aliphatic rings. The van der Waals surface area contributed by atoms with Crippen molar-refractivity contribution in [2.45, 2.75) is 12.8 Å². The molecule has 0 amide bonds. The van der Waals surface area contributed by atoms with Gasteiger partial charge < -0.3 is 0 Å². The van der Waals surface area contributed by atoms with E-state index < -0.39 is 0 Å². The number of benzene rings is 2. The molecular weight excluding hydrogens is 292 g/mol. The molecule has 0 aliphatic heterocycles. The van der Waals surface area contributed by atoms with E-state index in [1.807, 2.05) is 49.4 Å². The third-order valence-corrected chi connectivity index (χ3v) is 4.71. The Balaban J connectivity index is 1.95. The molecule has 0 bridgehead atoms. The normalized spacial score (nSPS) is 21.8. The Kier molecular flexibility index (Phi) is 3.05. The van der Waals surface area contributed by atoms with Gasteiger partial charge in [0.15, 0.2) is 5.78 Å². The van der Waals surface area contributed by atoms with Crippen LogP contribution in [0.15, 0.2) is 60.7 Å². The van der Waals surface area contributed by atoms with Gasteiger partial charge in [-0.15, -0.1) is 0 Å². The molecule has 2 aromatic rings. The molecule has 0 spiro atoms. The molecule has 0 saturated heterocycles. The highest BCUT2D eigenvalue weighted by atomic mass is 35.5. The van der Waals surface area contributed by atoms with E-state index in [0.717, 1.165) is 27.8 Å². The Hall–Kier alpha value is -2.12. The lowest BCUT2D eigenvalue weighted by Crippen LogP contribution is -2.11. The van der Waals surface area contributed by atoms with Gasteiger partial charge in [-0.25, -0.2) is 0 Å². The molecule has 22 heavy (non-hydrogen) atoms. The van der Waals surface area contributed by atoms with Crippen LogP contribution in [0.25, 0.3) is 11.1 Å². The Bertz CT molecular complexity index is 825. The van der Waals surface area contributed by atoms with Crippen LogP contribution in [0.5, 0.6) is 0 Å². The van der Waals surface area contributed by atoms with E-state index in [2.05, 4.69) is 18.2 Å². The van der Waals surface area contributed by atoms with E-state index in [-0.39, 0.29) is 17.6 Å². The van der Waals surface area contributed by atoms with Gasteiger partial charge in [0.05, 0.1) is 5.92 Å². The molecule has 2 unspecified atom stereocenters. The minimum atomic E-state index is -0.0542. The van der Waals surface area contributed by atoms with Crippen LogP contribution in [0.4, 0.5) is 0 Å². The van der Waals surface area contributed by atoms with E-state index in [4.69, 9.17) is 11.6 Å². The number of fused-ring (bicyclic) bond motifs is 3. The van der Waals surface area contributed by atoms with Crippen molar-refractivity contribution in [3.8, 4) is 11.1 Å². The van der Waals surface area contributed by atoms with Gasteiger partial charge in [0.2, 0.25) is 0 Å². The molecule has 0 aromatic heterocycles. The summed E-state index contributed by atoms with van der Waals surface area (Å²) < 4.78 is 0. The van der Waals surface area contributed by atoms with E-state index in [0.29, 0.717) is 5.02 Å². The van der Waals surface area contributed by atoms with Gasteiger partial charge in [0.25, 0.3) is 0 Å². The average Bonchev–Trinajstić information content (AvgIpc) is 2.80. The second-order valence-corrected chi connectivity index (χ2v) is 6.41. The molecule has 0 radical (unpaired) electrons. The average molecular weight is 307 g/mol. The predicted molar refractivity (Wildman–Crippen MR) is 90.5 cm³/mol. The van der Waals surface area contributed by atoms with Gasteiger partial charge in [-0.1, -0.05) is 60.2 Å². The van der Waals surface area contributed by atoms with Gasteiger partial charge in [-0.05, 0) is 41.3 Å². The van der Waals surface area contributed by atoms with Crippen molar-refractivity contribution in [1.29, 1.82) is 0 Å². The van der Waals surface area contributed by atoms with Crippen molar-refractivity contribution in [3.63, 3.8) is 0 Å².